The average molecular weight is 234 g/mol. The van der Waals surface area contributed by atoms with Crippen molar-refractivity contribution in [2.45, 2.75) is 6.61 Å². The normalized spacial score (nSPS) is 8.24. The maximum Gasteiger partial charge on any atom is 0.330 e. The molecule has 17 heavy (non-hydrogen) atoms. The summed E-state index contributed by atoms with van der Waals surface area (Å²) in [6.45, 7) is 6.57. The summed E-state index contributed by atoms with van der Waals surface area (Å²) < 4.78 is 4.82. The maximum atomic E-state index is 10.6. The molecule has 1 aromatic carbocycles. The highest BCUT2D eigenvalue weighted by Crippen LogP contribution is 2.00. The summed E-state index contributed by atoms with van der Waals surface area (Å²) in [5, 5.41) is 7.60. The van der Waals surface area contributed by atoms with Crippen LogP contribution in [-0.4, -0.2) is 17.0 Å². The molecule has 0 saturated heterocycles. The molecule has 4 heteroatoms. The molecule has 0 spiro atoms. The molecule has 0 atom stereocenters. The zero-order valence-electron chi connectivity index (χ0n) is 9.33. The van der Waals surface area contributed by atoms with Crippen molar-refractivity contribution in [3.63, 3.8) is 0 Å². The average Bonchev–Trinajstić information content (AvgIpc) is 2.37. The molecule has 1 rings (SSSR count). The first-order valence-electron chi connectivity index (χ1n) is 4.78. The highest BCUT2D eigenvalue weighted by Gasteiger charge is 1.95. The molecular formula is C13H14O4. The highest BCUT2D eigenvalue weighted by molar-refractivity contribution is 5.81. The Morgan fingerprint density at radius 2 is 1.71 bits per heavy atom. The van der Waals surface area contributed by atoms with Crippen LogP contribution >= 0.6 is 0 Å². The Hall–Kier alpha value is -2.36. The number of ether oxygens (including phenoxy) is 1. The quantitative estimate of drug-likeness (QED) is 0.640. The SMILES string of the molecule is C=CC(=O)O.C=CC(=O)OCc1ccccc1. The molecule has 1 aromatic rings. The fourth-order valence-electron chi connectivity index (χ4n) is 0.788. The van der Waals surface area contributed by atoms with E-state index in [0.29, 0.717) is 6.61 Å². The van der Waals surface area contributed by atoms with Gasteiger partial charge >= 0.3 is 11.9 Å². The van der Waals surface area contributed by atoms with Gasteiger partial charge in [0.1, 0.15) is 6.61 Å². The number of hydrogen-bond acceptors (Lipinski definition) is 3. The predicted octanol–water partition coefficient (Wildman–Crippen LogP) is 2.17. The molecule has 0 radical (unpaired) electrons. The lowest BCUT2D eigenvalue weighted by Gasteiger charge is -2.00. The van der Waals surface area contributed by atoms with Crippen LogP contribution in [0.2, 0.25) is 0 Å². The van der Waals surface area contributed by atoms with Gasteiger partial charge in [0.15, 0.2) is 0 Å². The van der Waals surface area contributed by atoms with Gasteiger partial charge < -0.3 is 9.84 Å². The van der Waals surface area contributed by atoms with Gasteiger partial charge in [0, 0.05) is 12.2 Å². The monoisotopic (exact) mass is 234 g/mol. The highest BCUT2D eigenvalue weighted by atomic mass is 16.5. The van der Waals surface area contributed by atoms with Crippen molar-refractivity contribution in [2.24, 2.45) is 0 Å². The predicted molar refractivity (Wildman–Crippen MR) is 64.3 cm³/mol. The zero-order chi connectivity index (χ0) is 13.1. The van der Waals surface area contributed by atoms with Crippen molar-refractivity contribution in [3.8, 4) is 0 Å². The molecule has 90 valence electrons. The molecule has 0 amide bonds. The smallest absolute Gasteiger partial charge is 0.330 e. The number of benzene rings is 1. The summed E-state index contributed by atoms with van der Waals surface area (Å²) >= 11 is 0. The molecule has 0 aliphatic carbocycles. The Balaban J connectivity index is 0.000000437. The van der Waals surface area contributed by atoms with Crippen molar-refractivity contribution in [1.29, 1.82) is 0 Å². The first-order valence-corrected chi connectivity index (χ1v) is 4.78. The molecule has 0 aliphatic rings. The van der Waals surface area contributed by atoms with Gasteiger partial charge in [-0.25, -0.2) is 9.59 Å². The topological polar surface area (TPSA) is 63.6 Å². The summed E-state index contributed by atoms with van der Waals surface area (Å²) in [5.74, 6) is -1.37. The Kier molecular flexibility index (Phi) is 7.67. The van der Waals surface area contributed by atoms with E-state index in [2.05, 4.69) is 13.2 Å². The van der Waals surface area contributed by atoms with Crippen LogP contribution in [0.15, 0.2) is 55.6 Å². The van der Waals surface area contributed by atoms with E-state index < -0.39 is 5.97 Å². The summed E-state index contributed by atoms with van der Waals surface area (Å²) in [6.07, 6.45) is 1.99. The minimum atomic E-state index is -0.981. The van der Waals surface area contributed by atoms with E-state index >= 15 is 0 Å². The van der Waals surface area contributed by atoms with E-state index in [-0.39, 0.29) is 5.97 Å². The molecule has 0 fully saturated rings. The number of rotatable bonds is 4. The lowest BCUT2D eigenvalue weighted by molar-refractivity contribution is -0.139. The van der Waals surface area contributed by atoms with E-state index in [4.69, 9.17) is 9.84 Å². The van der Waals surface area contributed by atoms with Crippen LogP contribution in [0.1, 0.15) is 5.56 Å². The number of aliphatic carboxylic acids is 1. The number of carbonyl (C=O) groups is 2. The standard InChI is InChI=1S/C10H10O2.C3H4O2/c1-2-10(11)12-8-9-6-4-3-5-7-9;1-2-3(4)5/h2-7H,1,8H2;2H,1H2,(H,4,5). The van der Waals surface area contributed by atoms with Gasteiger partial charge in [-0.05, 0) is 5.56 Å². The summed E-state index contributed by atoms with van der Waals surface area (Å²) in [7, 11) is 0. The van der Waals surface area contributed by atoms with Crippen molar-refractivity contribution < 1.29 is 19.4 Å². The zero-order valence-corrected chi connectivity index (χ0v) is 9.33. The Morgan fingerprint density at radius 3 is 2.12 bits per heavy atom. The third-order valence-corrected chi connectivity index (χ3v) is 1.57. The van der Waals surface area contributed by atoms with Gasteiger partial charge in [0.25, 0.3) is 0 Å². The van der Waals surface area contributed by atoms with Crippen molar-refractivity contribution >= 4 is 11.9 Å². The third kappa shape index (κ3) is 8.62. The molecule has 0 aliphatic heterocycles. The summed E-state index contributed by atoms with van der Waals surface area (Å²) in [6, 6.07) is 9.51. The third-order valence-electron chi connectivity index (χ3n) is 1.57. The van der Waals surface area contributed by atoms with Crippen LogP contribution in [0.3, 0.4) is 0 Å². The summed E-state index contributed by atoms with van der Waals surface area (Å²) in [4.78, 5) is 19.9. The van der Waals surface area contributed by atoms with Gasteiger partial charge in [-0.3, -0.25) is 0 Å². The van der Waals surface area contributed by atoms with E-state index in [1.807, 2.05) is 30.3 Å². The minimum absolute atomic E-state index is 0.311. The molecule has 0 bridgehead atoms. The van der Waals surface area contributed by atoms with Crippen LogP contribution < -0.4 is 0 Å². The molecule has 0 saturated carbocycles. The van der Waals surface area contributed by atoms with Gasteiger partial charge in [0.05, 0.1) is 0 Å². The molecule has 0 unspecified atom stereocenters. The number of hydrogen-bond donors (Lipinski definition) is 1. The second-order valence-electron chi connectivity index (χ2n) is 2.84. The van der Waals surface area contributed by atoms with Crippen LogP contribution in [0.25, 0.3) is 0 Å². The van der Waals surface area contributed by atoms with Crippen LogP contribution in [0, 0.1) is 0 Å². The van der Waals surface area contributed by atoms with Gasteiger partial charge in [-0.1, -0.05) is 43.5 Å². The fraction of sp³-hybridized carbons (Fsp3) is 0.0769. The number of carbonyl (C=O) groups excluding carboxylic acids is 1. The first-order chi connectivity index (χ1) is 8.10. The van der Waals surface area contributed by atoms with E-state index in [9.17, 15) is 9.59 Å². The Bertz CT molecular complexity index is 382. The Morgan fingerprint density at radius 1 is 1.18 bits per heavy atom. The van der Waals surface area contributed by atoms with Gasteiger partial charge in [0.2, 0.25) is 0 Å². The van der Waals surface area contributed by atoms with E-state index in [1.165, 1.54) is 0 Å². The van der Waals surface area contributed by atoms with Gasteiger partial charge in [-0.15, -0.1) is 0 Å². The number of carboxylic acid groups (broad SMARTS) is 1. The maximum absolute atomic E-state index is 10.6. The molecular weight excluding hydrogens is 220 g/mol. The number of carboxylic acids is 1. The molecule has 0 heterocycles. The second-order valence-corrected chi connectivity index (χ2v) is 2.84. The largest absolute Gasteiger partial charge is 0.478 e. The number of esters is 1. The van der Waals surface area contributed by atoms with E-state index in [0.717, 1.165) is 17.7 Å². The van der Waals surface area contributed by atoms with Gasteiger partial charge in [-0.2, -0.15) is 0 Å². The minimum Gasteiger partial charge on any atom is -0.478 e. The molecule has 1 N–H and O–H groups in total. The van der Waals surface area contributed by atoms with Crippen LogP contribution in [0.4, 0.5) is 0 Å². The van der Waals surface area contributed by atoms with E-state index in [1.54, 1.807) is 0 Å². The first kappa shape index (κ1) is 14.6. The summed E-state index contributed by atoms with van der Waals surface area (Å²) in [5.41, 5.74) is 0.979. The Labute approximate surface area is 99.8 Å². The lowest BCUT2D eigenvalue weighted by Crippen LogP contribution is -1.99. The van der Waals surface area contributed by atoms with Crippen LogP contribution in [0.5, 0.6) is 0 Å². The lowest BCUT2D eigenvalue weighted by atomic mass is 10.2. The molecule has 4 nitrogen and oxygen atoms in total. The van der Waals surface area contributed by atoms with Crippen LogP contribution in [-0.2, 0) is 20.9 Å². The molecule has 0 aromatic heterocycles. The van der Waals surface area contributed by atoms with Crippen molar-refractivity contribution in [3.05, 3.63) is 61.2 Å². The van der Waals surface area contributed by atoms with Crippen molar-refractivity contribution in [2.75, 3.05) is 0 Å². The second kappa shape index (κ2) is 8.91. The fourth-order valence-corrected chi connectivity index (χ4v) is 0.788. The van der Waals surface area contributed by atoms with Crippen molar-refractivity contribution in [1.82, 2.24) is 0 Å².